The number of alkyl halides is 3. The van der Waals surface area contributed by atoms with E-state index in [1.54, 1.807) is 60.7 Å². The molecule has 6 aromatic rings. The number of phenols is 2. The molecule has 0 atom stereocenters. The molecule has 6 nitrogen and oxygen atoms in total. The number of hydrogen-bond acceptors (Lipinski definition) is 6. The van der Waals surface area contributed by atoms with E-state index in [0.29, 0.717) is 21.5 Å². The van der Waals surface area contributed by atoms with Crippen molar-refractivity contribution >= 4 is 54.7 Å². The predicted octanol–water partition coefficient (Wildman–Crippen LogP) is 6.94. The largest absolute Gasteiger partial charge is 0.534 e. The highest BCUT2D eigenvalue weighted by Gasteiger charge is 2.49. The van der Waals surface area contributed by atoms with E-state index in [2.05, 4.69) is 0 Å². The van der Waals surface area contributed by atoms with Crippen LogP contribution in [0, 0.1) is 0 Å². The molecule has 0 saturated carbocycles. The van der Waals surface area contributed by atoms with Crippen molar-refractivity contribution in [2.75, 3.05) is 0 Å². The fraction of sp³-hybridized carbons (Fsp3) is 0.0303. The molecular weight excluding hydrogens is 612 g/mol. The average molecular weight is 635 g/mol. The minimum absolute atomic E-state index is 0.0248. The van der Waals surface area contributed by atoms with Crippen molar-refractivity contribution < 1.29 is 40.6 Å². The van der Waals surface area contributed by atoms with E-state index in [0.717, 1.165) is 6.07 Å². The number of hydrogen-bond donors (Lipinski definition) is 2. The van der Waals surface area contributed by atoms with Crippen LogP contribution in [0.2, 0.25) is 0 Å². The zero-order valence-electron chi connectivity index (χ0n) is 22.6. The van der Waals surface area contributed by atoms with Crippen LogP contribution in [0.3, 0.4) is 0 Å². The standard InChI is InChI=1S/C33H22F3O6PS/c34-33(35,36)44(40,41)42-29-17-15-21-7-1-3-13-27(21)31(29)32-28-14-4-2-8-22(28)16-18-30(32)43(39,25-11-5-9-23(37)19-25)26-12-6-10-24(38)20-26/h1-20,37-38H. The number of aromatic hydroxyl groups is 2. The number of phenolic OH excluding ortho intramolecular Hbond substituents is 2. The quantitative estimate of drug-likeness (QED) is 0.117. The van der Waals surface area contributed by atoms with E-state index in [1.165, 1.54) is 54.6 Å². The molecule has 6 aromatic carbocycles. The summed E-state index contributed by atoms with van der Waals surface area (Å²) < 4.78 is 86.0. The highest BCUT2D eigenvalue weighted by Crippen LogP contribution is 2.50. The Morgan fingerprint density at radius 3 is 1.64 bits per heavy atom. The molecular formula is C33H22F3O6PS. The van der Waals surface area contributed by atoms with Gasteiger partial charge in [0.25, 0.3) is 0 Å². The number of benzene rings is 6. The normalized spacial score (nSPS) is 12.4. The van der Waals surface area contributed by atoms with Gasteiger partial charge in [-0.05, 0) is 57.9 Å². The molecule has 0 unspecified atom stereocenters. The molecule has 0 heterocycles. The number of rotatable bonds is 6. The molecule has 0 aliphatic rings. The van der Waals surface area contributed by atoms with Gasteiger partial charge in [-0.1, -0.05) is 84.9 Å². The second-order valence-corrected chi connectivity index (χ2v) is 14.2. The Kier molecular flexibility index (Phi) is 7.14. The zero-order valence-corrected chi connectivity index (χ0v) is 24.3. The van der Waals surface area contributed by atoms with Crippen LogP contribution >= 0.6 is 7.14 Å². The van der Waals surface area contributed by atoms with Gasteiger partial charge in [0.05, 0.1) is 0 Å². The lowest BCUT2D eigenvalue weighted by molar-refractivity contribution is -0.0499. The van der Waals surface area contributed by atoms with Crippen LogP contribution in [0.1, 0.15) is 0 Å². The van der Waals surface area contributed by atoms with Gasteiger partial charge in [0.1, 0.15) is 11.5 Å². The Bertz CT molecular complexity index is 2180. The molecule has 0 spiro atoms. The Morgan fingerprint density at radius 1 is 0.614 bits per heavy atom. The first kappa shape index (κ1) is 29.3. The highest BCUT2D eigenvalue weighted by molar-refractivity contribution is 7.88. The molecule has 0 amide bonds. The monoisotopic (exact) mass is 634 g/mol. The first-order chi connectivity index (χ1) is 20.9. The van der Waals surface area contributed by atoms with Gasteiger partial charge in [0.15, 0.2) is 12.9 Å². The maximum atomic E-state index is 15.7. The smallest absolute Gasteiger partial charge is 0.508 e. The zero-order chi connectivity index (χ0) is 31.3. The average Bonchev–Trinajstić information content (AvgIpc) is 2.99. The van der Waals surface area contributed by atoms with E-state index >= 15 is 4.57 Å². The minimum atomic E-state index is -6.10. The molecule has 0 aromatic heterocycles. The predicted molar refractivity (Wildman–Crippen MR) is 165 cm³/mol. The van der Waals surface area contributed by atoms with Crippen molar-refractivity contribution in [2.45, 2.75) is 5.51 Å². The van der Waals surface area contributed by atoms with Gasteiger partial charge >= 0.3 is 15.6 Å². The second kappa shape index (κ2) is 10.7. The van der Waals surface area contributed by atoms with Crippen molar-refractivity contribution in [1.82, 2.24) is 0 Å². The van der Waals surface area contributed by atoms with Gasteiger partial charge in [-0.15, -0.1) is 0 Å². The lowest BCUT2D eigenvalue weighted by Gasteiger charge is -2.26. The summed E-state index contributed by atoms with van der Waals surface area (Å²) in [4.78, 5) is 0. The van der Waals surface area contributed by atoms with E-state index in [9.17, 15) is 31.8 Å². The SMILES string of the molecule is O=P(c1cccc(O)c1)(c1cccc(O)c1)c1ccc2ccccc2c1-c1c(OS(=O)(=O)C(F)(F)F)ccc2ccccc12. The van der Waals surface area contributed by atoms with Gasteiger partial charge in [0, 0.05) is 27.0 Å². The topological polar surface area (TPSA) is 101 Å². The van der Waals surface area contributed by atoms with Gasteiger partial charge in [0.2, 0.25) is 0 Å². The third kappa shape index (κ3) is 4.96. The molecule has 0 aliphatic heterocycles. The summed E-state index contributed by atoms with van der Waals surface area (Å²) in [5, 5.41) is 23.3. The second-order valence-electron chi connectivity index (χ2n) is 9.97. The lowest BCUT2D eigenvalue weighted by atomic mass is 9.93. The van der Waals surface area contributed by atoms with Crippen LogP contribution in [-0.4, -0.2) is 24.1 Å². The summed E-state index contributed by atoms with van der Waals surface area (Å²) in [5.41, 5.74) is -5.57. The molecule has 6 rings (SSSR count). The van der Waals surface area contributed by atoms with E-state index in [1.807, 2.05) is 0 Å². The van der Waals surface area contributed by atoms with Crippen LogP contribution in [0.25, 0.3) is 32.7 Å². The fourth-order valence-electron chi connectivity index (χ4n) is 5.33. The maximum absolute atomic E-state index is 15.7. The summed E-state index contributed by atoms with van der Waals surface area (Å²) in [6.07, 6.45) is 0. The molecule has 222 valence electrons. The maximum Gasteiger partial charge on any atom is 0.534 e. The van der Waals surface area contributed by atoms with Gasteiger partial charge in [-0.3, -0.25) is 0 Å². The summed E-state index contributed by atoms with van der Waals surface area (Å²) >= 11 is 0. The van der Waals surface area contributed by atoms with Crippen LogP contribution in [-0.2, 0) is 14.7 Å². The van der Waals surface area contributed by atoms with Crippen LogP contribution < -0.4 is 20.1 Å². The Morgan fingerprint density at radius 2 is 1.11 bits per heavy atom. The van der Waals surface area contributed by atoms with Crippen LogP contribution in [0.4, 0.5) is 13.2 Å². The summed E-state index contributed by atoms with van der Waals surface area (Å²) in [7, 11) is -10.2. The lowest BCUT2D eigenvalue weighted by Crippen LogP contribution is -2.29. The van der Waals surface area contributed by atoms with Gasteiger partial charge in [-0.2, -0.15) is 21.6 Å². The van der Waals surface area contributed by atoms with Crippen molar-refractivity contribution in [1.29, 1.82) is 0 Å². The Labute approximate surface area is 250 Å². The van der Waals surface area contributed by atoms with Gasteiger partial charge < -0.3 is 19.0 Å². The first-order valence-corrected chi connectivity index (χ1v) is 16.3. The Hall–Kier alpha value is -4.79. The summed E-state index contributed by atoms with van der Waals surface area (Å²) in [6.45, 7) is 0. The number of fused-ring (bicyclic) bond motifs is 2. The van der Waals surface area contributed by atoms with Crippen molar-refractivity contribution in [2.24, 2.45) is 0 Å². The first-order valence-electron chi connectivity index (χ1n) is 13.1. The van der Waals surface area contributed by atoms with E-state index in [4.69, 9.17) is 4.18 Å². The van der Waals surface area contributed by atoms with E-state index < -0.39 is 28.5 Å². The third-order valence-corrected chi connectivity index (χ3v) is 11.3. The van der Waals surface area contributed by atoms with Gasteiger partial charge in [-0.25, -0.2) is 0 Å². The molecule has 0 saturated heterocycles. The molecule has 11 heteroatoms. The third-order valence-electron chi connectivity index (χ3n) is 7.26. The summed E-state index contributed by atoms with van der Waals surface area (Å²) in [5.74, 6) is -0.983. The van der Waals surface area contributed by atoms with E-state index in [-0.39, 0.29) is 38.5 Å². The van der Waals surface area contributed by atoms with Crippen LogP contribution in [0.15, 0.2) is 121 Å². The molecule has 0 radical (unpaired) electrons. The Balaban J connectivity index is 1.81. The van der Waals surface area contributed by atoms with Crippen molar-refractivity contribution in [3.05, 3.63) is 121 Å². The molecule has 44 heavy (non-hydrogen) atoms. The molecule has 0 fully saturated rings. The molecule has 0 bridgehead atoms. The van der Waals surface area contributed by atoms with Crippen LogP contribution in [0.5, 0.6) is 17.2 Å². The number of halogens is 3. The molecule has 2 N–H and O–H groups in total. The van der Waals surface area contributed by atoms with Crippen molar-refractivity contribution in [3.8, 4) is 28.4 Å². The fourth-order valence-corrected chi connectivity index (χ4v) is 8.71. The summed E-state index contributed by atoms with van der Waals surface area (Å²) in [6, 6.07) is 30.9. The molecule has 0 aliphatic carbocycles. The minimum Gasteiger partial charge on any atom is -0.508 e. The highest BCUT2D eigenvalue weighted by atomic mass is 32.2. The van der Waals surface area contributed by atoms with Crippen molar-refractivity contribution in [3.63, 3.8) is 0 Å².